The fraction of sp³-hybridized carbons (Fsp3) is 0.458. The first kappa shape index (κ1) is 21.5. The number of carbonyl (C=O) groups excluding carboxylic acids is 1. The number of carbonyl (C=O) groups is 1. The second-order valence-electron chi connectivity index (χ2n) is 8.67. The summed E-state index contributed by atoms with van der Waals surface area (Å²) >= 11 is 0. The zero-order chi connectivity index (χ0) is 22.8. The maximum atomic E-state index is 12.9. The average Bonchev–Trinajstić information content (AvgIpc) is 3.23. The zero-order valence-electron chi connectivity index (χ0n) is 19.0. The minimum absolute atomic E-state index is 0.0845. The van der Waals surface area contributed by atoms with Gasteiger partial charge in [0.25, 0.3) is 0 Å². The van der Waals surface area contributed by atoms with Crippen LogP contribution in [0.25, 0.3) is 5.69 Å². The largest absolute Gasteiger partial charge is 0.471 e. The van der Waals surface area contributed by atoms with E-state index in [1.807, 2.05) is 43.1 Å². The Labute approximate surface area is 192 Å². The first-order valence-electron chi connectivity index (χ1n) is 11.4. The van der Waals surface area contributed by atoms with Crippen LogP contribution in [0.4, 0.5) is 0 Å². The van der Waals surface area contributed by atoms with E-state index in [0.29, 0.717) is 32.2 Å². The summed E-state index contributed by atoms with van der Waals surface area (Å²) in [6.45, 7) is 6.84. The Balaban J connectivity index is 1.26. The lowest BCUT2D eigenvalue weighted by molar-refractivity contribution is -0.139. The lowest BCUT2D eigenvalue weighted by atomic mass is 9.96. The Bertz CT molecular complexity index is 1140. The van der Waals surface area contributed by atoms with Crippen molar-refractivity contribution in [3.63, 3.8) is 0 Å². The number of nitrogens with zero attached hydrogens (tertiary/aromatic N) is 6. The standard InChI is InChI=1S/C24H28N6O3/c1-16-3-4-21(13-25-16)30-22(17(2)27-28-30)15-33-23-11-19-5-8-29(14-20(19)12-26-23)24(31)18-6-9-32-10-7-18/h3-4,11-13,18H,5-10,14-15H2,1-2H3. The lowest BCUT2D eigenvalue weighted by Crippen LogP contribution is -2.41. The Kier molecular flexibility index (Phi) is 6.04. The maximum absolute atomic E-state index is 12.9. The van der Waals surface area contributed by atoms with E-state index in [-0.39, 0.29) is 11.8 Å². The minimum Gasteiger partial charge on any atom is -0.471 e. The number of aromatic nitrogens is 5. The fourth-order valence-electron chi connectivity index (χ4n) is 4.37. The highest BCUT2D eigenvalue weighted by atomic mass is 16.5. The van der Waals surface area contributed by atoms with Crippen LogP contribution < -0.4 is 4.74 Å². The molecule has 0 aliphatic carbocycles. The number of amides is 1. The van der Waals surface area contributed by atoms with Gasteiger partial charge in [-0.1, -0.05) is 5.21 Å². The number of hydrogen-bond acceptors (Lipinski definition) is 7. The van der Waals surface area contributed by atoms with Crippen molar-refractivity contribution in [2.75, 3.05) is 19.8 Å². The van der Waals surface area contributed by atoms with E-state index in [4.69, 9.17) is 9.47 Å². The molecule has 3 aromatic rings. The van der Waals surface area contributed by atoms with Crippen molar-refractivity contribution >= 4 is 5.91 Å². The molecule has 33 heavy (non-hydrogen) atoms. The molecule has 2 aliphatic rings. The Hall–Kier alpha value is -3.33. The van der Waals surface area contributed by atoms with Crippen molar-refractivity contribution in [3.8, 4) is 11.6 Å². The monoisotopic (exact) mass is 448 g/mol. The van der Waals surface area contributed by atoms with Gasteiger partial charge in [0.1, 0.15) is 12.3 Å². The molecule has 0 saturated carbocycles. The predicted molar refractivity (Wildman–Crippen MR) is 120 cm³/mol. The van der Waals surface area contributed by atoms with Crippen LogP contribution in [0.3, 0.4) is 0 Å². The minimum atomic E-state index is 0.0845. The zero-order valence-corrected chi connectivity index (χ0v) is 19.0. The smallest absolute Gasteiger partial charge is 0.226 e. The Morgan fingerprint density at radius 2 is 2.00 bits per heavy atom. The summed E-state index contributed by atoms with van der Waals surface area (Å²) < 4.78 is 13.2. The van der Waals surface area contributed by atoms with Gasteiger partial charge in [-0.05, 0) is 56.4 Å². The molecule has 0 bridgehead atoms. The molecule has 1 fully saturated rings. The highest BCUT2D eigenvalue weighted by molar-refractivity contribution is 5.79. The molecule has 1 amide bonds. The molecule has 0 atom stereocenters. The molecule has 9 nitrogen and oxygen atoms in total. The van der Waals surface area contributed by atoms with E-state index in [0.717, 1.165) is 54.1 Å². The molecule has 0 radical (unpaired) electrons. The molecule has 2 aliphatic heterocycles. The third-order valence-corrected chi connectivity index (χ3v) is 6.41. The Morgan fingerprint density at radius 1 is 1.15 bits per heavy atom. The summed E-state index contributed by atoms with van der Waals surface area (Å²) in [5.74, 6) is 0.888. The molecule has 172 valence electrons. The topological polar surface area (TPSA) is 95.3 Å². The fourth-order valence-corrected chi connectivity index (χ4v) is 4.37. The average molecular weight is 449 g/mol. The van der Waals surface area contributed by atoms with Gasteiger partial charge < -0.3 is 14.4 Å². The van der Waals surface area contributed by atoms with Gasteiger partial charge >= 0.3 is 0 Å². The quantitative estimate of drug-likeness (QED) is 0.592. The normalized spacial score (nSPS) is 16.5. The van der Waals surface area contributed by atoms with Crippen LogP contribution in [0.15, 0.2) is 30.6 Å². The van der Waals surface area contributed by atoms with Gasteiger partial charge in [-0.2, -0.15) is 0 Å². The molecule has 3 aromatic heterocycles. The van der Waals surface area contributed by atoms with Crippen molar-refractivity contribution in [2.24, 2.45) is 5.92 Å². The van der Waals surface area contributed by atoms with Gasteiger partial charge in [0.15, 0.2) is 0 Å². The molecule has 9 heteroatoms. The van der Waals surface area contributed by atoms with E-state index in [1.54, 1.807) is 10.9 Å². The van der Waals surface area contributed by atoms with Crippen molar-refractivity contribution in [3.05, 3.63) is 58.8 Å². The van der Waals surface area contributed by atoms with Crippen LogP contribution in [-0.4, -0.2) is 55.5 Å². The van der Waals surface area contributed by atoms with Crippen LogP contribution in [-0.2, 0) is 29.1 Å². The summed E-state index contributed by atoms with van der Waals surface area (Å²) in [4.78, 5) is 23.7. The van der Waals surface area contributed by atoms with Gasteiger partial charge in [0.2, 0.25) is 11.8 Å². The third kappa shape index (κ3) is 4.59. The third-order valence-electron chi connectivity index (χ3n) is 6.41. The second kappa shape index (κ2) is 9.27. The number of aryl methyl sites for hydroxylation is 2. The van der Waals surface area contributed by atoms with Crippen molar-refractivity contribution < 1.29 is 14.3 Å². The van der Waals surface area contributed by atoms with E-state index in [2.05, 4.69) is 20.3 Å². The number of pyridine rings is 2. The molecular formula is C24H28N6O3. The Morgan fingerprint density at radius 3 is 2.79 bits per heavy atom. The van der Waals surface area contributed by atoms with Gasteiger partial charge in [0, 0.05) is 50.2 Å². The van der Waals surface area contributed by atoms with Gasteiger partial charge in [-0.15, -0.1) is 5.10 Å². The summed E-state index contributed by atoms with van der Waals surface area (Å²) in [5, 5.41) is 8.44. The highest BCUT2D eigenvalue weighted by Crippen LogP contribution is 2.26. The number of ether oxygens (including phenoxy) is 2. The molecule has 0 N–H and O–H groups in total. The van der Waals surface area contributed by atoms with Gasteiger partial charge in [-0.25, -0.2) is 9.67 Å². The number of fused-ring (bicyclic) bond motifs is 1. The highest BCUT2D eigenvalue weighted by Gasteiger charge is 2.29. The van der Waals surface area contributed by atoms with Gasteiger partial charge in [-0.3, -0.25) is 9.78 Å². The maximum Gasteiger partial charge on any atom is 0.226 e. The number of rotatable bonds is 5. The summed E-state index contributed by atoms with van der Waals surface area (Å²) in [5.41, 5.74) is 5.71. The SMILES string of the molecule is Cc1ccc(-n2nnc(C)c2COc2cc3c(cn2)CN(C(=O)C2CCOCC2)CC3)cn1. The first-order chi connectivity index (χ1) is 16.1. The summed E-state index contributed by atoms with van der Waals surface area (Å²) in [6, 6.07) is 5.89. The van der Waals surface area contributed by atoms with Crippen molar-refractivity contribution in [2.45, 2.75) is 46.3 Å². The molecule has 5 rings (SSSR count). The van der Waals surface area contributed by atoms with E-state index >= 15 is 0 Å². The number of hydrogen-bond donors (Lipinski definition) is 0. The second-order valence-corrected chi connectivity index (χ2v) is 8.67. The predicted octanol–water partition coefficient (Wildman–Crippen LogP) is 2.56. The first-order valence-corrected chi connectivity index (χ1v) is 11.4. The molecule has 0 spiro atoms. The van der Waals surface area contributed by atoms with Crippen LogP contribution in [0, 0.1) is 19.8 Å². The molecule has 1 saturated heterocycles. The molecule has 0 aromatic carbocycles. The van der Waals surface area contributed by atoms with Crippen molar-refractivity contribution in [1.29, 1.82) is 0 Å². The molecular weight excluding hydrogens is 420 g/mol. The van der Waals surface area contributed by atoms with E-state index in [1.165, 1.54) is 5.56 Å². The van der Waals surface area contributed by atoms with Crippen LogP contribution in [0.2, 0.25) is 0 Å². The van der Waals surface area contributed by atoms with Crippen LogP contribution in [0.1, 0.15) is 41.1 Å². The van der Waals surface area contributed by atoms with Crippen LogP contribution >= 0.6 is 0 Å². The van der Waals surface area contributed by atoms with Crippen LogP contribution in [0.5, 0.6) is 5.88 Å². The van der Waals surface area contributed by atoms with Crippen molar-refractivity contribution in [1.82, 2.24) is 29.9 Å². The molecule has 0 unspecified atom stereocenters. The summed E-state index contributed by atoms with van der Waals surface area (Å²) in [7, 11) is 0. The van der Waals surface area contributed by atoms with Gasteiger partial charge in [0.05, 0.1) is 17.6 Å². The molecule has 5 heterocycles. The van der Waals surface area contributed by atoms with E-state index < -0.39 is 0 Å². The van der Waals surface area contributed by atoms with E-state index in [9.17, 15) is 4.79 Å². The summed E-state index contributed by atoms with van der Waals surface area (Å²) in [6.07, 6.45) is 6.04. The lowest BCUT2D eigenvalue weighted by Gasteiger charge is -2.33.